The Bertz CT molecular complexity index is 593. The lowest BCUT2D eigenvalue weighted by Gasteiger charge is -2.30. The number of phenolic OH excluding ortho intramolecular Hbond substituents is 1. The van der Waals surface area contributed by atoms with E-state index in [1.807, 2.05) is 24.3 Å². The van der Waals surface area contributed by atoms with Crippen molar-refractivity contribution in [3.63, 3.8) is 0 Å². The average molecular weight is 312 g/mol. The Hall–Kier alpha value is -1.91. The van der Waals surface area contributed by atoms with Crippen LogP contribution in [0.25, 0.3) is 0 Å². The number of hydrogen-bond acceptors (Lipinski definition) is 4. The van der Waals surface area contributed by atoms with Crippen molar-refractivity contribution < 1.29 is 10.2 Å². The van der Waals surface area contributed by atoms with Gasteiger partial charge in [0.25, 0.3) is 0 Å². The number of hydrogen-bond donors (Lipinski definition) is 3. The number of nitrogens with zero attached hydrogens (tertiary/aromatic N) is 1. The van der Waals surface area contributed by atoms with Crippen molar-refractivity contribution in [3.8, 4) is 5.75 Å². The van der Waals surface area contributed by atoms with Gasteiger partial charge in [0.15, 0.2) is 0 Å². The molecule has 1 unspecified atom stereocenters. The molecule has 1 atom stereocenters. The van der Waals surface area contributed by atoms with Crippen molar-refractivity contribution in [1.29, 1.82) is 0 Å². The summed E-state index contributed by atoms with van der Waals surface area (Å²) in [6.07, 6.45) is 7.47. The summed E-state index contributed by atoms with van der Waals surface area (Å²) in [5.41, 5.74) is 2.23. The summed E-state index contributed by atoms with van der Waals surface area (Å²) >= 11 is 0. The Balaban J connectivity index is 1.45. The maximum atomic E-state index is 10.2. The fraction of sp³-hybridized carbons (Fsp3) is 0.421. The van der Waals surface area contributed by atoms with Gasteiger partial charge in [0.05, 0.1) is 6.10 Å². The van der Waals surface area contributed by atoms with E-state index in [0.717, 1.165) is 31.2 Å². The van der Waals surface area contributed by atoms with Crippen molar-refractivity contribution in [1.82, 2.24) is 10.3 Å². The maximum Gasteiger partial charge on any atom is 0.115 e. The first-order valence-electron chi connectivity index (χ1n) is 8.32. The second kappa shape index (κ2) is 7.57. The van der Waals surface area contributed by atoms with Crippen LogP contribution in [-0.4, -0.2) is 27.8 Å². The van der Waals surface area contributed by atoms with Gasteiger partial charge in [-0.2, -0.15) is 0 Å². The van der Waals surface area contributed by atoms with E-state index in [2.05, 4.69) is 10.3 Å². The molecule has 1 aliphatic carbocycles. The zero-order valence-electron chi connectivity index (χ0n) is 13.2. The van der Waals surface area contributed by atoms with Gasteiger partial charge in [-0.05, 0) is 67.0 Å². The fourth-order valence-corrected chi connectivity index (χ4v) is 3.36. The minimum atomic E-state index is -0.479. The quantitative estimate of drug-likeness (QED) is 0.793. The molecule has 3 N–H and O–H groups in total. The standard InChI is InChI=1S/C19H24N2O2/c22-18-7-3-15(4-8-18)14-1-5-17(6-2-14)21-13-19(23)16-9-11-20-12-10-16/h3-4,7-12,14,17,19,21-23H,1-2,5-6,13H2. The number of nitrogens with one attached hydrogen (secondary N) is 1. The molecule has 2 aromatic rings. The molecule has 0 aliphatic heterocycles. The first-order chi connectivity index (χ1) is 11.2. The molecule has 122 valence electrons. The van der Waals surface area contributed by atoms with Crippen LogP contribution >= 0.6 is 0 Å². The van der Waals surface area contributed by atoms with Crippen LogP contribution in [0.1, 0.15) is 48.8 Å². The molecule has 0 amide bonds. The highest BCUT2D eigenvalue weighted by Gasteiger charge is 2.22. The van der Waals surface area contributed by atoms with Gasteiger partial charge in [-0.25, -0.2) is 0 Å². The van der Waals surface area contributed by atoms with Crippen molar-refractivity contribution in [2.45, 2.75) is 43.7 Å². The third-order valence-electron chi connectivity index (χ3n) is 4.78. The Morgan fingerprint density at radius 1 is 1.00 bits per heavy atom. The van der Waals surface area contributed by atoms with Gasteiger partial charge in [0.1, 0.15) is 5.75 Å². The molecule has 0 radical (unpaired) electrons. The van der Waals surface area contributed by atoms with E-state index in [1.165, 1.54) is 5.56 Å². The van der Waals surface area contributed by atoms with Crippen LogP contribution in [-0.2, 0) is 0 Å². The van der Waals surface area contributed by atoms with Gasteiger partial charge in [-0.1, -0.05) is 12.1 Å². The van der Waals surface area contributed by atoms with Gasteiger partial charge < -0.3 is 15.5 Å². The molecule has 1 aromatic carbocycles. The molecule has 1 heterocycles. The Labute approximate surface area is 137 Å². The molecular formula is C19H24N2O2. The lowest BCUT2D eigenvalue weighted by atomic mass is 9.81. The highest BCUT2D eigenvalue weighted by molar-refractivity contribution is 5.28. The molecular weight excluding hydrogens is 288 g/mol. The maximum absolute atomic E-state index is 10.2. The third kappa shape index (κ3) is 4.30. The van der Waals surface area contributed by atoms with Crippen LogP contribution in [0.4, 0.5) is 0 Å². The van der Waals surface area contributed by atoms with E-state index in [-0.39, 0.29) is 0 Å². The number of pyridine rings is 1. The van der Waals surface area contributed by atoms with Crippen LogP contribution in [0.2, 0.25) is 0 Å². The lowest BCUT2D eigenvalue weighted by molar-refractivity contribution is 0.164. The SMILES string of the molecule is Oc1ccc(C2CCC(NCC(O)c3ccncc3)CC2)cc1. The lowest BCUT2D eigenvalue weighted by Crippen LogP contribution is -2.35. The Kier molecular flexibility index (Phi) is 5.26. The number of aliphatic hydroxyl groups excluding tert-OH is 1. The van der Waals surface area contributed by atoms with E-state index >= 15 is 0 Å². The molecule has 0 spiro atoms. The van der Waals surface area contributed by atoms with Crippen molar-refractivity contribution >= 4 is 0 Å². The van der Waals surface area contributed by atoms with Crippen molar-refractivity contribution in [2.24, 2.45) is 0 Å². The van der Waals surface area contributed by atoms with Crippen LogP contribution in [0.3, 0.4) is 0 Å². The second-order valence-corrected chi connectivity index (χ2v) is 6.34. The van der Waals surface area contributed by atoms with Gasteiger partial charge in [0.2, 0.25) is 0 Å². The Morgan fingerprint density at radius 2 is 1.65 bits per heavy atom. The zero-order valence-corrected chi connectivity index (χ0v) is 13.2. The van der Waals surface area contributed by atoms with E-state index < -0.39 is 6.10 Å². The van der Waals surface area contributed by atoms with Gasteiger partial charge >= 0.3 is 0 Å². The van der Waals surface area contributed by atoms with Crippen LogP contribution in [0.5, 0.6) is 5.75 Å². The minimum Gasteiger partial charge on any atom is -0.508 e. The molecule has 4 nitrogen and oxygen atoms in total. The molecule has 0 bridgehead atoms. The normalized spacial score (nSPS) is 22.7. The van der Waals surface area contributed by atoms with Gasteiger partial charge in [0, 0.05) is 25.0 Å². The van der Waals surface area contributed by atoms with E-state index in [1.54, 1.807) is 24.5 Å². The van der Waals surface area contributed by atoms with Crippen LogP contribution in [0.15, 0.2) is 48.8 Å². The average Bonchev–Trinajstić information content (AvgIpc) is 2.61. The molecule has 4 heteroatoms. The molecule has 1 aromatic heterocycles. The number of phenols is 1. The van der Waals surface area contributed by atoms with Gasteiger partial charge in [-0.15, -0.1) is 0 Å². The van der Waals surface area contributed by atoms with Crippen LogP contribution < -0.4 is 5.32 Å². The van der Waals surface area contributed by atoms with Crippen molar-refractivity contribution in [3.05, 3.63) is 59.9 Å². The summed E-state index contributed by atoms with van der Waals surface area (Å²) in [7, 11) is 0. The first-order valence-corrected chi connectivity index (χ1v) is 8.32. The minimum absolute atomic E-state index is 0.328. The largest absolute Gasteiger partial charge is 0.508 e. The Morgan fingerprint density at radius 3 is 2.30 bits per heavy atom. The summed E-state index contributed by atoms with van der Waals surface area (Å²) in [5.74, 6) is 0.910. The zero-order chi connectivity index (χ0) is 16.1. The fourth-order valence-electron chi connectivity index (χ4n) is 3.36. The summed E-state index contributed by atoms with van der Waals surface area (Å²) in [6, 6.07) is 11.8. The number of aliphatic hydroxyl groups is 1. The number of aromatic nitrogens is 1. The molecule has 1 aliphatic rings. The molecule has 0 saturated heterocycles. The summed E-state index contributed by atoms with van der Waals surface area (Å²) < 4.78 is 0. The second-order valence-electron chi connectivity index (χ2n) is 6.34. The van der Waals surface area contributed by atoms with Crippen molar-refractivity contribution in [2.75, 3.05) is 6.54 Å². The number of benzene rings is 1. The molecule has 1 fully saturated rings. The van der Waals surface area contributed by atoms with Gasteiger partial charge in [-0.3, -0.25) is 4.98 Å². The molecule has 1 saturated carbocycles. The summed E-state index contributed by atoms with van der Waals surface area (Å²) in [5, 5.41) is 23.1. The summed E-state index contributed by atoms with van der Waals surface area (Å²) in [6.45, 7) is 0.582. The van der Waals surface area contributed by atoms with E-state index in [9.17, 15) is 10.2 Å². The first kappa shape index (κ1) is 16.0. The van der Waals surface area contributed by atoms with E-state index in [0.29, 0.717) is 24.3 Å². The predicted molar refractivity (Wildman–Crippen MR) is 90.3 cm³/mol. The molecule has 3 rings (SSSR count). The van der Waals surface area contributed by atoms with E-state index in [4.69, 9.17) is 0 Å². The highest BCUT2D eigenvalue weighted by atomic mass is 16.3. The summed E-state index contributed by atoms with van der Waals surface area (Å²) in [4.78, 5) is 3.97. The topological polar surface area (TPSA) is 65.4 Å². The number of aromatic hydroxyl groups is 1. The van der Waals surface area contributed by atoms with Crippen LogP contribution in [0, 0.1) is 0 Å². The smallest absolute Gasteiger partial charge is 0.115 e. The monoisotopic (exact) mass is 312 g/mol. The highest BCUT2D eigenvalue weighted by Crippen LogP contribution is 2.33. The molecule has 23 heavy (non-hydrogen) atoms. The number of rotatable bonds is 5. The predicted octanol–water partition coefficient (Wildman–Crippen LogP) is 3.14. The third-order valence-corrected chi connectivity index (χ3v) is 4.78.